The van der Waals surface area contributed by atoms with Gasteiger partial charge in [0, 0.05) is 13.0 Å². The molecule has 0 spiro atoms. The quantitative estimate of drug-likeness (QED) is 0.265. The molecule has 0 aromatic heterocycles. The van der Waals surface area contributed by atoms with E-state index in [9.17, 15) is 4.79 Å². The molecule has 0 amide bonds. The minimum Gasteiger partial charge on any atom is -0.463 e. The second-order valence-electron chi connectivity index (χ2n) is 6.02. The highest BCUT2D eigenvalue weighted by atomic mass is 16.6. The summed E-state index contributed by atoms with van der Waals surface area (Å²) in [7, 11) is 0. The normalized spacial score (nSPS) is 10.9. The third kappa shape index (κ3) is 19.3. The molecule has 4 nitrogen and oxygen atoms in total. The maximum Gasteiger partial charge on any atom is 0.305 e. The second kappa shape index (κ2) is 19.4. The first-order chi connectivity index (χ1) is 11.3. The van der Waals surface area contributed by atoms with E-state index >= 15 is 0 Å². The van der Waals surface area contributed by atoms with Gasteiger partial charge in [0.2, 0.25) is 0 Å². The lowest BCUT2D eigenvalue weighted by Crippen LogP contribution is -2.13. The van der Waals surface area contributed by atoms with Crippen LogP contribution in [0.25, 0.3) is 0 Å². The van der Waals surface area contributed by atoms with Gasteiger partial charge in [-0.1, -0.05) is 65.2 Å². The molecule has 0 aliphatic heterocycles. The summed E-state index contributed by atoms with van der Waals surface area (Å²) < 4.78 is 15.9. The highest BCUT2D eigenvalue weighted by Gasteiger charge is 2.02. The van der Waals surface area contributed by atoms with Crippen molar-refractivity contribution in [2.24, 2.45) is 0 Å². The molecule has 0 bridgehead atoms. The number of hydrogen-bond donors (Lipinski definition) is 0. The molecule has 0 aliphatic rings. The first-order valence-electron chi connectivity index (χ1n) is 9.62. The summed E-state index contributed by atoms with van der Waals surface area (Å²) in [5.74, 6) is -0.0991. The molecule has 138 valence electrons. The highest BCUT2D eigenvalue weighted by Crippen LogP contribution is 2.08. The van der Waals surface area contributed by atoms with Gasteiger partial charge in [0.25, 0.3) is 0 Å². The molecule has 0 saturated heterocycles. The maximum absolute atomic E-state index is 11.5. The number of esters is 1. The van der Waals surface area contributed by atoms with Crippen LogP contribution in [0.3, 0.4) is 0 Å². The van der Waals surface area contributed by atoms with Crippen LogP contribution in [0.4, 0.5) is 0 Å². The van der Waals surface area contributed by atoms with Gasteiger partial charge in [-0.15, -0.1) is 0 Å². The number of carbonyl (C=O) groups excluding carboxylic acids is 1. The Kier molecular flexibility index (Phi) is 18.9. The Morgan fingerprint density at radius 3 is 1.83 bits per heavy atom. The fourth-order valence-corrected chi connectivity index (χ4v) is 2.29. The third-order valence-corrected chi connectivity index (χ3v) is 3.74. The van der Waals surface area contributed by atoms with Gasteiger partial charge in [-0.25, -0.2) is 0 Å². The van der Waals surface area contributed by atoms with Crippen LogP contribution in [0.15, 0.2) is 0 Å². The van der Waals surface area contributed by atoms with E-state index in [-0.39, 0.29) is 5.97 Å². The van der Waals surface area contributed by atoms with Crippen molar-refractivity contribution < 1.29 is 19.0 Å². The number of carbonyl (C=O) groups is 1. The van der Waals surface area contributed by atoms with Crippen LogP contribution in [0, 0.1) is 0 Å². The van der Waals surface area contributed by atoms with Gasteiger partial charge in [0.1, 0.15) is 6.61 Å². The first kappa shape index (κ1) is 22.4. The van der Waals surface area contributed by atoms with Crippen molar-refractivity contribution in [3.63, 3.8) is 0 Å². The monoisotopic (exact) mass is 330 g/mol. The molecule has 0 fully saturated rings. The molecule has 0 aromatic rings. The van der Waals surface area contributed by atoms with Gasteiger partial charge in [-0.2, -0.15) is 0 Å². The summed E-state index contributed by atoms with van der Waals surface area (Å²) in [5, 5.41) is 0. The summed E-state index contributed by atoms with van der Waals surface area (Å²) in [6.07, 6.45) is 12.6. The second-order valence-corrected chi connectivity index (χ2v) is 6.02. The van der Waals surface area contributed by atoms with E-state index in [1.165, 1.54) is 44.9 Å². The lowest BCUT2D eigenvalue weighted by Gasteiger charge is -2.07. The van der Waals surface area contributed by atoms with E-state index in [1.807, 2.05) is 0 Å². The van der Waals surface area contributed by atoms with Gasteiger partial charge >= 0.3 is 5.97 Å². The molecule has 0 radical (unpaired) electrons. The van der Waals surface area contributed by atoms with Crippen LogP contribution in [0.5, 0.6) is 0 Å². The molecule has 0 atom stereocenters. The zero-order chi connectivity index (χ0) is 17.0. The number of hydrogen-bond acceptors (Lipinski definition) is 4. The Hall–Kier alpha value is -0.610. The predicted molar refractivity (Wildman–Crippen MR) is 94.7 cm³/mol. The molecule has 0 unspecified atom stereocenters. The van der Waals surface area contributed by atoms with E-state index in [4.69, 9.17) is 14.2 Å². The summed E-state index contributed by atoms with van der Waals surface area (Å²) >= 11 is 0. The summed E-state index contributed by atoms with van der Waals surface area (Å²) in [4.78, 5) is 11.5. The van der Waals surface area contributed by atoms with Crippen LogP contribution in [-0.2, 0) is 19.0 Å². The zero-order valence-corrected chi connectivity index (χ0v) is 15.4. The van der Waals surface area contributed by atoms with E-state index in [2.05, 4.69) is 13.8 Å². The summed E-state index contributed by atoms with van der Waals surface area (Å²) in [6, 6.07) is 0. The van der Waals surface area contributed by atoms with Crippen molar-refractivity contribution in [1.29, 1.82) is 0 Å². The van der Waals surface area contributed by atoms with Gasteiger partial charge in [-0.3, -0.25) is 4.79 Å². The molecule has 0 heterocycles. The van der Waals surface area contributed by atoms with Gasteiger partial charge in [-0.05, 0) is 12.8 Å². The van der Waals surface area contributed by atoms with Crippen LogP contribution in [0.1, 0.15) is 84.5 Å². The molecule has 4 heteroatoms. The number of rotatable bonds is 18. The molecular weight excluding hydrogens is 292 g/mol. The van der Waals surface area contributed by atoms with E-state index in [0.29, 0.717) is 32.8 Å². The minimum absolute atomic E-state index is 0.0991. The predicted octanol–water partition coefficient (Wildman–Crippen LogP) is 4.89. The highest BCUT2D eigenvalue weighted by molar-refractivity contribution is 5.69. The lowest BCUT2D eigenvalue weighted by molar-refractivity contribution is -0.145. The molecule has 0 aliphatic carbocycles. The Morgan fingerprint density at radius 1 is 0.609 bits per heavy atom. The SMILES string of the molecule is CCCCCCCCCC(=O)OCCOCCOCCCCC. The fraction of sp³-hybridized carbons (Fsp3) is 0.947. The Morgan fingerprint density at radius 2 is 1.13 bits per heavy atom. The lowest BCUT2D eigenvalue weighted by atomic mass is 10.1. The molecule has 0 rings (SSSR count). The van der Waals surface area contributed by atoms with Crippen molar-refractivity contribution in [1.82, 2.24) is 0 Å². The zero-order valence-electron chi connectivity index (χ0n) is 15.4. The largest absolute Gasteiger partial charge is 0.463 e. The van der Waals surface area contributed by atoms with E-state index in [0.717, 1.165) is 25.9 Å². The Balaban J connectivity index is 3.13. The Labute approximate surface area is 143 Å². The fourth-order valence-electron chi connectivity index (χ4n) is 2.29. The van der Waals surface area contributed by atoms with Crippen molar-refractivity contribution >= 4 is 5.97 Å². The maximum atomic E-state index is 11.5. The molecule has 0 N–H and O–H groups in total. The van der Waals surface area contributed by atoms with Crippen molar-refractivity contribution in [2.75, 3.05) is 33.0 Å². The summed E-state index contributed by atoms with van der Waals surface area (Å²) in [5.41, 5.74) is 0. The molecular formula is C19H38O4. The molecule has 23 heavy (non-hydrogen) atoms. The van der Waals surface area contributed by atoms with Crippen LogP contribution in [-0.4, -0.2) is 39.0 Å². The summed E-state index contributed by atoms with van der Waals surface area (Å²) in [6.45, 7) is 7.21. The topological polar surface area (TPSA) is 44.8 Å². The van der Waals surface area contributed by atoms with Crippen molar-refractivity contribution in [2.45, 2.75) is 84.5 Å². The van der Waals surface area contributed by atoms with Gasteiger partial charge in [0.15, 0.2) is 0 Å². The minimum atomic E-state index is -0.0991. The molecule has 0 aromatic carbocycles. The first-order valence-corrected chi connectivity index (χ1v) is 9.62. The van der Waals surface area contributed by atoms with E-state index in [1.54, 1.807) is 0 Å². The smallest absolute Gasteiger partial charge is 0.305 e. The van der Waals surface area contributed by atoms with Crippen LogP contribution < -0.4 is 0 Å². The van der Waals surface area contributed by atoms with Gasteiger partial charge < -0.3 is 14.2 Å². The van der Waals surface area contributed by atoms with Crippen LogP contribution >= 0.6 is 0 Å². The van der Waals surface area contributed by atoms with Crippen LogP contribution in [0.2, 0.25) is 0 Å². The number of unbranched alkanes of at least 4 members (excludes halogenated alkanes) is 8. The standard InChI is InChI=1S/C19H38O4/c1-3-5-7-8-9-10-11-13-19(20)23-18-17-22-16-15-21-14-12-6-4-2/h3-18H2,1-2H3. The van der Waals surface area contributed by atoms with Gasteiger partial charge in [0.05, 0.1) is 19.8 Å². The molecule has 0 saturated carbocycles. The average molecular weight is 331 g/mol. The van der Waals surface area contributed by atoms with Crippen molar-refractivity contribution in [3.8, 4) is 0 Å². The van der Waals surface area contributed by atoms with E-state index < -0.39 is 0 Å². The van der Waals surface area contributed by atoms with Crippen molar-refractivity contribution in [3.05, 3.63) is 0 Å². The average Bonchev–Trinajstić information content (AvgIpc) is 2.55. The number of ether oxygens (including phenoxy) is 3. The third-order valence-electron chi connectivity index (χ3n) is 3.74. The Bertz CT molecular complexity index is 244.